The number of rotatable bonds is 1. The second-order valence-electron chi connectivity index (χ2n) is 6.01. The Morgan fingerprint density at radius 2 is 2.00 bits per heavy atom. The molecule has 1 aliphatic carbocycles. The van der Waals surface area contributed by atoms with Gasteiger partial charge in [0.1, 0.15) is 0 Å². The number of anilines is 1. The average molecular weight is 258 g/mol. The van der Waals surface area contributed by atoms with Crippen LogP contribution in [0.4, 0.5) is 5.69 Å². The van der Waals surface area contributed by atoms with E-state index in [9.17, 15) is 4.79 Å². The minimum Gasteiger partial charge on any atom is -0.324 e. The van der Waals surface area contributed by atoms with E-state index in [1.54, 1.807) is 6.92 Å². The fraction of sp³-hybridized carbons (Fsp3) is 0.562. The number of benzene rings is 1. The van der Waals surface area contributed by atoms with E-state index in [1.165, 1.54) is 19.3 Å². The molecule has 0 aromatic heterocycles. The summed E-state index contributed by atoms with van der Waals surface area (Å²) in [5.74, 6) is 1.09. The summed E-state index contributed by atoms with van der Waals surface area (Å²) >= 11 is 0. The van der Waals surface area contributed by atoms with Gasteiger partial charge >= 0.3 is 0 Å². The molecule has 1 fully saturated rings. The first-order valence-corrected chi connectivity index (χ1v) is 7.25. The molecule has 3 atom stereocenters. The predicted octanol–water partition coefficient (Wildman–Crippen LogP) is 2.86. The van der Waals surface area contributed by atoms with Crippen molar-refractivity contribution in [2.45, 2.75) is 45.2 Å². The molecule has 1 aliphatic heterocycles. The van der Waals surface area contributed by atoms with Crippen LogP contribution in [-0.4, -0.2) is 11.9 Å². The first-order chi connectivity index (χ1) is 9.11. The number of hydrogen-bond acceptors (Lipinski definition) is 2. The molecule has 1 aromatic rings. The van der Waals surface area contributed by atoms with E-state index in [0.717, 1.165) is 11.3 Å². The number of fused-ring (bicyclic) bond motifs is 1. The highest BCUT2D eigenvalue weighted by Gasteiger charge is 2.44. The van der Waals surface area contributed by atoms with Crippen LogP contribution in [-0.2, 0) is 4.79 Å². The van der Waals surface area contributed by atoms with Crippen LogP contribution in [0.5, 0.6) is 0 Å². The van der Waals surface area contributed by atoms with Gasteiger partial charge in [0.25, 0.3) is 0 Å². The molecule has 1 aromatic carbocycles. The van der Waals surface area contributed by atoms with Crippen molar-refractivity contribution < 1.29 is 4.79 Å². The smallest absolute Gasteiger partial charge is 0.224 e. The van der Waals surface area contributed by atoms with Crippen molar-refractivity contribution >= 4 is 11.6 Å². The molecule has 3 nitrogen and oxygen atoms in total. The number of hydrogen-bond donors (Lipinski definition) is 1. The Morgan fingerprint density at radius 1 is 1.32 bits per heavy atom. The average Bonchev–Trinajstić information content (AvgIpc) is 2.33. The molecule has 19 heavy (non-hydrogen) atoms. The predicted molar refractivity (Wildman–Crippen MR) is 76.8 cm³/mol. The van der Waals surface area contributed by atoms with E-state index in [0.29, 0.717) is 11.8 Å². The summed E-state index contributed by atoms with van der Waals surface area (Å²) in [6.07, 6.45) is 3.75. The minimum atomic E-state index is 0.0393. The molecule has 1 heterocycles. The van der Waals surface area contributed by atoms with E-state index >= 15 is 0 Å². The SMILES string of the molecule is CC(=O)N1c2ccccc2C(N)C(C)C1C1CCC1. The van der Waals surface area contributed by atoms with Crippen LogP contribution in [0.1, 0.15) is 44.7 Å². The summed E-state index contributed by atoms with van der Waals surface area (Å²) in [5, 5.41) is 0. The van der Waals surface area contributed by atoms with Crippen LogP contribution in [0, 0.1) is 11.8 Å². The summed E-state index contributed by atoms with van der Waals surface area (Å²) in [7, 11) is 0. The molecule has 3 heteroatoms. The maximum Gasteiger partial charge on any atom is 0.224 e. The van der Waals surface area contributed by atoms with Crippen molar-refractivity contribution in [1.29, 1.82) is 0 Å². The van der Waals surface area contributed by atoms with Gasteiger partial charge in [-0.3, -0.25) is 4.79 Å². The van der Waals surface area contributed by atoms with Gasteiger partial charge < -0.3 is 10.6 Å². The van der Waals surface area contributed by atoms with Gasteiger partial charge in [0, 0.05) is 24.7 Å². The van der Waals surface area contributed by atoms with Crippen LogP contribution in [0.3, 0.4) is 0 Å². The summed E-state index contributed by atoms with van der Waals surface area (Å²) in [6, 6.07) is 8.41. The highest BCUT2D eigenvalue weighted by molar-refractivity contribution is 5.94. The fourth-order valence-corrected chi connectivity index (χ4v) is 3.68. The Bertz CT molecular complexity index is 495. The molecule has 102 valence electrons. The molecular formula is C16H22N2O. The van der Waals surface area contributed by atoms with E-state index in [4.69, 9.17) is 5.73 Å². The normalized spacial score (nSPS) is 30.7. The van der Waals surface area contributed by atoms with Crippen molar-refractivity contribution in [3.05, 3.63) is 29.8 Å². The van der Waals surface area contributed by atoms with Gasteiger partial charge in [0.05, 0.1) is 0 Å². The first kappa shape index (κ1) is 12.7. The van der Waals surface area contributed by atoms with Gasteiger partial charge in [0.15, 0.2) is 0 Å². The zero-order valence-electron chi connectivity index (χ0n) is 11.7. The largest absolute Gasteiger partial charge is 0.324 e. The van der Waals surface area contributed by atoms with Gasteiger partial charge in [-0.2, -0.15) is 0 Å². The number of carbonyl (C=O) groups is 1. The lowest BCUT2D eigenvalue weighted by Gasteiger charge is -2.49. The summed E-state index contributed by atoms with van der Waals surface area (Å²) in [5.41, 5.74) is 8.56. The fourth-order valence-electron chi connectivity index (χ4n) is 3.68. The third kappa shape index (κ3) is 1.88. The Morgan fingerprint density at radius 3 is 2.58 bits per heavy atom. The molecule has 0 bridgehead atoms. The highest BCUT2D eigenvalue weighted by Crippen LogP contribution is 2.46. The lowest BCUT2D eigenvalue weighted by molar-refractivity contribution is -0.118. The Balaban J connectivity index is 2.08. The monoisotopic (exact) mass is 258 g/mol. The van der Waals surface area contributed by atoms with Gasteiger partial charge in [-0.15, -0.1) is 0 Å². The Labute approximate surface area is 114 Å². The van der Waals surface area contributed by atoms with Crippen LogP contribution in [0.15, 0.2) is 24.3 Å². The summed E-state index contributed by atoms with van der Waals surface area (Å²) in [6.45, 7) is 3.87. The third-order valence-corrected chi connectivity index (χ3v) is 4.93. The zero-order valence-corrected chi connectivity index (χ0v) is 11.7. The van der Waals surface area contributed by atoms with Crippen LogP contribution < -0.4 is 10.6 Å². The third-order valence-electron chi connectivity index (χ3n) is 4.93. The first-order valence-electron chi connectivity index (χ1n) is 7.25. The van der Waals surface area contributed by atoms with Crippen molar-refractivity contribution in [1.82, 2.24) is 0 Å². The maximum atomic E-state index is 12.2. The molecule has 2 N–H and O–H groups in total. The van der Waals surface area contributed by atoms with Crippen molar-refractivity contribution in [3.8, 4) is 0 Å². The quantitative estimate of drug-likeness (QED) is 0.842. The Kier molecular flexibility index (Phi) is 3.09. The second kappa shape index (κ2) is 4.64. The molecule has 0 saturated heterocycles. The number of nitrogens with two attached hydrogens (primary N) is 1. The second-order valence-corrected chi connectivity index (χ2v) is 6.01. The topological polar surface area (TPSA) is 46.3 Å². The number of nitrogens with zero attached hydrogens (tertiary/aromatic N) is 1. The van der Waals surface area contributed by atoms with Crippen LogP contribution in [0.25, 0.3) is 0 Å². The highest BCUT2D eigenvalue weighted by atomic mass is 16.2. The van der Waals surface area contributed by atoms with Gasteiger partial charge in [0.2, 0.25) is 5.91 Å². The zero-order chi connectivity index (χ0) is 13.6. The summed E-state index contributed by atoms with van der Waals surface area (Å²) in [4.78, 5) is 14.2. The lowest BCUT2D eigenvalue weighted by Crippen LogP contribution is -2.55. The molecular weight excluding hydrogens is 236 g/mol. The molecule has 1 saturated carbocycles. The molecule has 1 amide bonds. The van der Waals surface area contributed by atoms with Gasteiger partial charge in [-0.05, 0) is 36.3 Å². The lowest BCUT2D eigenvalue weighted by atomic mass is 9.70. The van der Waals surface area contributed by atoms with E-state index in [1.807, 2.05) is 23.1 Å². The van der Waals surface area contributed by atoms with E-state index < -0.39 is 0 Å². The maximum absolute atomic E-state index is 12.2. The molecule has 3 rings (SSSR count). The number of amides is 1. The van der Waals surface area contributed by atoms with Crippen LogP contribution >= 0.6 is 0 Å². The minimum absolute atomic E-state index is 0.0393. The molecule has 0 spiro atoms. The molecule has 0 radical (unpaired) electrons. The number of carbonyl (C=O) groups excluding carboxylic acids is 1. The molecule has 3 unspecified atom stereocenters. The summed E-state index contributed by atoms with van der Waals surface area (Å²) < 4.78 is 0. The van der Waals surface area contributed by atoms with Crippen molar-refractivity contribution in [3.63, 3.8) is 0 Å². The van der Waals surface area contributed by atoms with Gasteiger partial charge in [-0.25, -0.2) is 0 Å². The van der Waals surface area contributed by atoms with Crippen molar-refractivity contribution in [2.24, 2.45) is 17.6 Å². The van der Waals surface area contributed by atoms with Gasteiger partial charge in [-0.1, -0.05) is 31.5 Å². The van der Waals surface area contributed by atoms with E-state index in [-0.39, 0.29) is 18.0 Å². The standard InChI is InChI=1S/C16H22N2O/c1-10-15(17)13-8-3-4-9-14(13)18(11(2)19)16(10)12-6-5-7-12/h3-4,8-10,12,15-16H,5-7,17H2,1-2H3. The van der Waals surface area contributed by atoms with E-state index in [2.05, 4.69) is 13.0 Å². The Hall–Kier alpha value is -1.35. The van der Waals surface area contributed by atoms with Crippen molar-refractivity contribution in [2.75, 3.05) is 4.90 Å². The number of para-hydroxylation sites is 1. The van der Waals surface area contributed by atoms with Crippen LogP contribution in [0.2, 0.25) is 0 Å². The molecule has 2 aliphatic rings.